The van der Waals surface area contributed by atoms with Gasteiger partial charge in [-0.1, -0.05) is 17.7 Å². The number of likely N-dealkylation sites (N-methyl/N-ethyl adjacent to an activating group) is 1. The molecule has 0 heterocycles. The molecule has 1 amide bonds. The minimum Gasteiger partial charge on any atom is -0.389 e. The average molecular weight is 257 g/mol. The Morgan fingerprint density at radius 3 is 2.65 bits per heavy atom. The molecule has 1 rings (SSSR count). The normalized spacial score (nSPS) is 12.2. The van der Waals surface area contributed by atoms with Gasteiger partial charge in [0.25, 0.3) is 0 Å². The second kappa shape index (κ2) is 5.89. The fourth-order valence-corrected chi connectivity index (χ4v) is 1.90. The Labute approximate surface area is 106 Å². The maximum absolute atomic E-state index is 10.9. The lowest BCUT2D eigenvalue weighted by Crippen LogP contribution is -2.33. The molecule has 0 aliphatic carbocycles. The number of nitrogens with two attached hydrogens (primary N) is 1. The highest BCUT2D eigenvalue weighted by atomic mass is 35.5. The number of hydrogen-bond acceptors (Lipinski definition) is 3. The Hall–Kier alpha value is -1.26. The van der Waals surface area contributed by atoms with E-state index in [9.17, 15) is 9.90 Å². The molecule has 0 aliphatic rings. The third kappa shape index (κ3) is 3.61. The number of rotatable bonds is 5. The highest BCUT2D eigenvalue weighted by molar-refractivity contribution is 6.33. The van der Waals surface area contributed by atoms with Crippen LogP contribution in [0.15, 0.2) is 18.2 Å². The van der Waals surface area contributed by atoms with Gasteiger partial charge in [-0.3, -0.25) is 4.79 Å². The van der Waals surface area contributed by atoms with Crippen LogP contribution in [0.3, 0.4) is 0 Å². The number of hydrogen-bond donors (Lipinski definition) is 2. The minimum absolute atomic E-state index is 0.129. The molecule has 0 fully saturated rings. The van der Waals surface area contributed by atoms with Gasteiger partial charge in [-0.2, -0.15) is 0 Å². The van der Waals surface area contributed by atoms with Crippen molar-refractivity contribution in [1.82, 2.24) is 0 Å². The summed E-state index contributed by atoms with van der Waals surface area (Å²) in [5, 5.41) is 9.94. The van der Waals surface area contributed by atoms with E-state index in [4.69, 9.17) is 17.3 Å². The number of aliphatic hydroxyl groups is 1. The third-order valence-electron chi connectivity index (χ3n) is 2.52. The van der Waals surface area contributed by atoms with Crippen LogP contribution >= 0.6 is 11.6 Å². The summed E-state index contributed by atoms with van der Waals surface area (Å²) in [6, 6.07) is 5.28. The van der Waals surface area contributed by atoms with Crippen LogP contribution in [0.4, 0.5) is 5.69 Å². The van der Waals surface area contributed by atoms with Crippen LogP contribution in [0.1, 0.15) is 25.5 Å². The van der Waals surface area contributed by atoms with Gasteiger partial charge in [-0.15, -0.1) is 0 Å². The molecule has 17 heavy (non-hydrogen) atoms. The highest BCUT2D eigenvalue weighted by Gasteiger charge is 2.12. The van der Waals surface area contributed by atoms with Gasteiger partial charge in [-0.05, 0) is 31.5 Å². The van der Waals surface area contributed by atoms with E-state index in [1.165, 1.54) is 0 Å². The monoisotopic (exact) mass is 256 g/mol. The average Bonchev–Trinajstić information content (AvgIpc) is 2.25. The predicted molar refractivity (Wildman–Crippen MR) is 69.2 cm³/mol. The van der Waals surface area contributed by atoms with Crippen molar-refractivity contribution in [3.8, 4) is 0 Å². The summed E-state index contributed by atoms with van der Waals surface area (Å²) in [6.07, 6.45) is -0.562. The number of carbonyl (C=O) groups excluding carboxylic acids is 1. The van der Waals surface area contributed by atoms with Crippen LogP contribution in [-0.2, 0) is 4.79 Å². The highest BCUT2D eigenvalue weighted by Crippen LogP contribution is 2.28. The second-order valence-corrected chi connectivity index (χ2v) is 4.27. The van der Waals surface area contributed by atoms with E-state index in [0.29, 0.717) is 11.6 Å². The number of benzene rings is 1. The van der Waals surface area contributed by atoms with Crippen LogP contribution in [-0.4, -0.2) is 24.1 Å². The van der Waals surface area contributed by atoms with E-state index in [0.717, 1.165) is 11.3 Å². The fourth-order valence-electron chi connectivity index (χ4n) is 1.59. The molecule has 1 unspecified atom stereocenters. The van der Waals surface area contributed by atoms with Crippen molar-refractivity contribution < 1.29 is 9.90 Å². The number of halogens is 1. The topological polar surface area (TPSA) is 66.6 Å². The van der Waals surface area contributed by atoms with Crippen molar-refractivity contribution in [3.05, 3.63) is 28.8 Å². The lowest BCUT2D eigenvalue weighted by atomic mass is 10.1. The number of nitrogens with zero attached hydrogens (tertiary/aromatic N) is 1. The van der Waals surface area contributed by atoms with Gasteiger partial charge in [0.15, 0.2) is 0 Å². The zero-order valence-electron chi connectivity index (χ0n) is 9.98. The Morgan fingerprint density at radius 1 is 1.59 bits per heavy atom. The van der Waals surface area contributed by atoms with E-state index < -0.39 is 12.0 Å². The number of carbonyl (C=O) groups is 1. The van der Waals surface area contributed by atoms with E-state index in [2.05, 4.69) is 0 Å². The lowest BCUT2D eigenvalue weighted by Gasteiger charge is -2.23. The Kier molecular flexibility index (Phi) is 4.78. The summed E-state index contributed by atoms with van der Waals surface area (Å²) in [7, 11) is 0. The number of amides is 1. The molecule has 1 atom stereocenters. The molecule has 0 saturated heterocycles. The first-order valence-electron chi connectivity index (χ1n) is 5.46. The zero-order chi connectivity index (χ0) is 13.0. The summed E-state index contributed by atoms with van der Waals surface area (Å²) >= 11 is 6.13. The summed E-state index contributed by atoms with van der Waals surface area (Å²) < 4.78 is 0. The Balaban J connectivity index is 3.00. The summed E-state index contributed by atoms with van der Waals surface area (Å²) in [5.74, 6) is -0.400. The molecule has 3 N–H and O–H groups in total. The van der Waals surface area contributed by atoms with Gasteiger partial charge in [0.2, 0.25) is 5.91 Å². The molecule has 0 aromatic heterocycles. The molecule has 0 bridgehead atoms. The van der Waals surface area contributed by atoms with Crippen molar-refractivity contribution in [1.29, 1.82) is 0 Å². The van der Waals surface area contributed by atoms with Crippen molar-refractivity contribution >= 4 is 23.2 Å². The first-order valence-corrected chi connectivity index (χ1v) is 5.84. The maximum atomic E-state index is 10.9. The van der Waals surface area contributed by atoms with Crippen molar-refractivity contribution in [2.75, 3.05) is 18.0 Å². The van der Waals surface area contributed by atoms with Gasteiger partial charge >= 0.3 is 0 Å². The standard InChI is InChI=1S/C12H17ClN2O2/c1-3-15(7-12(14)17)11-5-4-9(8(2)16)6-10(11)13/h4-6,8,16H,3,7H2,1-2H3,(H2,14,17). The van der Waals surface area contributed by atoms with Gasteiger partial charge in [0.1, 0.15) is 0 Å². The van der Waals surface area contributed by atoms with E-state index in [1.54, 1.807) is 30.0 Å². The molecule has 0 radical (unpaired) electrons. The summed E-state index contributed by atoms with van der Waals surface area (Å²) in [6.45, 7) is 4.36. The Bertz CT molecular complexity index is 407. The second-order valence-electron chi connectivity index (χ2n) is 3.87. The minimum atomic E-state index is -0.562. The van der Waals surface area contributed by atoms with Gasteiger partial charge in [0.05, 0.1) is 23.4 Å². The molecule has 5 heteroatoms. The molecular formula is C12H17ClN2O2. The SMILES string of the molecule is CCN(CC(N)=O)c1ccc(C(C)O)cc1Cl. The molecule has 1 aromatic carbocycles. The smallest absolute Gasteiger partial charge is 0.236 e. The van der Waals surface area contributed by atoms with Crippen molar-refractivity contribution in [2.24, 2.45) is 5.73 Å². The summed E-state index contributed by atoms with van der Waals surface area (Å²) in [4.78, 5) is 12.7. The quantitative estimate of drug-likeness (QED) is 0.843. The zero-order valence-corrected chi connectivity index (χ0v) is 10.7. The third-order valence-corrected chi connectivity index (χ3v) is 2.83. The van der Waals surface area contributed by atoms with Crippen molar-refractivity contribution in [3.63, 3.8) is 0 Å². The van der Waals surface area contributed by atoms with Crippen LogP contribution in [0.5, 0.6) is 0 Å². The number of aliphatic hydroxyl groups excluding tert-OH is 1. The predicted octanol–water partition coefficient (Wildman–Crippen LogP) is 1.70. The van der Waals surface area contributed by atoms with Crippen LogP contribution < -0.4 is 10.6 Å². The molecule has 0 saturated carbocycles. The molecule has 94 valence electrons. The van der Waals surface area contributed by atoms with E-state index >= 15 is 0 Å². The first-order chi connectivity index (χ1) is 7.95. The van der Waals surface area contributed by atoms with E-state index in [1.807, 2.05) is 6.92 Å². The fraction of sp³-hybridized carbons (Fsp3) is 0.417. The van der Waals surface area contributed by atoms with E-state index in [-0.39, 0.29) is 6.54 Å². The molecule has 0 aliphatic heterocycles. The number of primary amides is 1. The van der Waals surface area contributed by atoms with Crippen molar-refractivity contribution in [2.45, 2.75) is 20.0 Å². The molecule has 0 spiro atoms. The number of anilines is 1. The van der Waals surface area contributed by atoms with Gasteiger partial charge in [0, 0.05) is 6.54 Å². The van der Waals surface area contributed by atoms with Gasteiger partial charge < -0.3 is 15.7 Å². The van der Waals surface area contributed by atoms with Gasteiger partial charge in [-0.25, -0.2) is 0 Å². The largest absolute Gasteiger partial charge is 0.389 e. The Morgan fingerprint density at radius 2 is 2.24 bits per heavy atom. The lowest BCUT2D eigenvalue weighted by molar-refractivity contribution is -0.116. The van der Waals surface area contributed by atoms with Crippen LogP contribution in [0, 0.1) is 0 Å². The van der Waals surface area contributed by atoms with Crippen LogP contribution in [0.2, 0.25) is 5.02 Å². The molecule has 4 nitrogen and oxygen atoms in total. The summed E-state index contributed by atoms with van der Waals surface area (Å²) in [5.41, 5.74) is 6.66. The maximum Gasteiger partial charge on any atom is 0.236 e. The molecule has 1 aromatic rings. The van der Waals surface area contributed by atoms with Crippen LogP contribution in [0.25, 0.3) is 0 Å². The first kappa shape index (κ1) is 13.8. The molecular weight excluding hydrogens is 240 g/mol.